The van der Waals surface area contributed by atoms with E-state index in [1.165, 1.54) is 0 Å². The molecule has 0 atom stereocenters. The van der Waals surface area contributed by atoms with Crippen LogP contribution in [0.1, 0.15) is 32.8 Å². The highest BCUT2D eigenvalue weighted by Crippen LogP contribution is 2.18. The molecule has 0 unspecified atom stereocenters. The molecule has 1 aromatic carbocycles. The number of hydrogen-bond donors (Lipinski definition) is 2. The lowest BCUT2D eigenvalue weighted by Gasteiger charge is -2.31. The number of nitrogens with zero attached hydrogens (tertiary/aromatic N) is 1. The standard InChI is InChI=1S/C15H26N2O/c1-4-8-17(12-15(2,3)11-16)10-13-6-5-7-14(18)9-13/h5-7,9,18H,4,8,10-12,16H2,1-3H3. The van der Waals surface area contributed by atoms with Crippen LogP contribution in [-0.2, 0) is 6.54 Å². The first-order valence-electron chi connectivity index (χ1n) is 6.67. The van der Waals surface area contributed by atoms with Crippen molar-refractivity contribution in [2.75, 3.05) is 19.6 Å². The van der Waals surface area contributed by atoms with E-state index in [1.54, 1.807) is 6.07 Å². The van der Waals surface area contributed by atoms with Gasteiger partial charge in [-0.1, -0.05) is 32.9 Å². The first kappa shape index (κ1) is 15.0. The van der Waals surface area contributed by atoms with Crippen molar-refractivity contribution in [2.24, 2.45) is 11.1 Å². The second-order valence-corrected chi connectivity index (χ2v) is 5.75. The number of nitrogens with two attached hydrogens (primary N) is 1. The SMILES string of the molecule is CCCN(Cc1cccc(O)c1)CC(C)(C)CN. The van der Waals surface area contributed by atoms with Crippen molar-refractivity contribution >= 4 is 0 Å². The van der Waals surface area contributed by atoms with Crippen molar-refractivity contribution < 1.29 is 5.11 Å². The molecule has 0 saturated carbocycles. The highest BCUT2D eigenvalue weighted by molar-refractivity contribution is 5.27. The monoisotopic (exact) mass is 250 g/mol. The molecule has 0 aromatic heterocycles. The molecule has 0 amide bonds. The van der Waals surface area contributed by atoms with Gasteiger partial charge in [0.2, 0.25) is 0 Å². The van der Waals surface area contributed by atoms with Gasteiger partial charge in [0, 0.05) is 13.1 Å². The lowest BCUT2D eigenvalue weighted by Crippen LogP contribution is -2.38. The van der Waals surface area contributed by atoms with E-state index in [2.05, 4.69) is 31.7 Å². The van der Waals surface area contributed by atoms with Crippen molar-refractivity contribution in [3.8, 4) is 5.75 Å². The summed E-state index contributed by atoms with van der Waals surface area (Å²) in [6.07, 6.45) is 1.12. The van der Waals surface area contributed by atoms with Crippen molar-refractivity contribution in [2.45, 2.75) is 33.7 Å². The quantitative estimate of drug-likeness (QED) is 0.782. The molecule has 1 rings (SSSR count). The highest BCUT2D eigenvalue weighted by Gasteiger charge is 2.19. The van der Waals surface area contributed by atoms with Crippen LogP contribution in [0.2, 0.25) is 0 Å². The molecule has 0 bridgehead atoms. The third kappa shape index (κ3) is 5.07. The fourth-order valence-corrected chi connectivity index (χ4v) is 2.11. The van der Waals surface area contributed by atoms with Crippen molar-refractivity contribution in [3.63, 3.8) is 0 Å². The second kappa shape index (κ2) is 6.76. The van der Waals surface area contributed by atoms with E-state index in [9.17, 15) is 5.11 Å². The van der Waals surface area contributed by atoms with E-state index < -0.39 is 0 Å². The van der Waals surface area contributed by atoms with Crippen molar-refractivity contribution in [1.29, 1.82) is 0 Å². The molecule has 3 N–H and O–H groups in total. The number of phenolic OH excluding ortho intramolecular Hbond substituents is 1. The number of aromatic hydroxyl groups is 1. The summed E-state index contributed by atoms with van der Waals surface area (Å²) in [4.78, 5) is 2.40. The van der Waals surface area contributed by atoms with Gasteiger partial charge < -0.3 is 10.8 Å². The molecule has 0 heterocycles. The van der Waals surface area contributed by atoms with Gasteiger partial charge in [0.15, 0.2) is 0 Å². The Morgan fingerprint density at radius 3 is 2.61 bits per heavy atom. The lowest BCUT2D eigenvalue weighted by atomic mass is 9.93. The summed E-state index contributed by atoms with van der Waals surface area (Å²) in [5, 5.41) is 9.50. The number of phenols is 1. The summed E-state index contributed by atoms with van der Waals surface area (Å²) in [7, 11) is 0. The molecule has 0 aliphatic heterocycles. The number of hydrogen-bond acceptors (Lipinski definition) is 3. The van der Waals surface area contributed by atoms with E-state index in [0.717, 1.165) is 31.6 Å². The van der Waals surface area contributed by atoms with E-state index in [1.807, 2.05) is 12.1 Å². The van der Waals surface area contributed by atoms with E-state index in [0.29, 0.717) is 12.3 Å². The molecule has 3 nitrogen and oxygen atoms in total. The van der Waals surface area contributed by atoms with Crippen LogP contribution in [0.4, 0.5) is 0 Å². The molecule has 102 valence electrons. The molecule has 0 aliphatic rings. The van der Waals surface area contributed by atoms with Crippen molar-refractivity contribution in [1.82, 2.24) is 4.90 Å². The third-order valence-electron chi connectivity index (χ3n) is 3.06. The Hall–Kier alpha value is -1.06. The third-order valence-corrected chi connectivity index (χ3v) is 3.06. The van der Waals surface area contributed by atoms with Gasteiger partial charge in [-0.3, -0.25) is 4.90 Å². The molecule has 1 aromatic rings. The smallest absolute Gasteiger partial charge is 0.115 e. The van der Waals surface area contributed by atoms with Gasteiger partial charge in [-0.05, 0) is 42.6 Å². The molecule has 0 radical (unpaired) electrons. The fraction of sp³-hybridized carbons (Fsp3) is 0.600. The fourth-order valence-electron chi connectivity index (χ4n) is 2.11. The molecule has 18 heavy (non-hydrogen) atoms. The van der Waals surface area contributed by atoms with Crippen LogP contribution in [0.5, 0.6) is 5.75 Å². The Bertz CT molecular complexity index is 363. The Morgan fingerprint density at radius 2 is 2.06 bits per heavy atom. The Morgan fingerprint density at radius 1 is 1.33 bits per heavy atom. The lowest BCUT2D eigenvalue weighted by molar-refractivity contribution is 0.176. The normalized spacial score (nSPS) is 12.1. The van der Waals surface area contributed by atoms with Gasteiger partial charge >= 0.3 is 0 Å². The number of rotatable bonds is 7. The predicted octanol–water partition coefficient (Wildman–Crippen LogP) is 2.59. The summed E-state index contributed by atoms with van der Waals surface area (Å²) < 4.78 is 0. The van der Waals surface area contributed by atoms with Crippen LogP contribution in [0.3, 0.4) is 0 Å². The Balaban J connectivity index is 2.68. The largest absolute Gasteiger partial charge is 0.508 e. The topological polar surface area (TPSA) is 49.5 Å². The van der Waals surface area contributed by atoms with Gasteiger partial charge in [-0.15, -0.1) is 0 Å². The average Bonchev–Trinajstić information content (AvgIpc) is 2.29. The Labute approximate surface area is 111 Å². The van der Waals surface area contributed by atoms with Gasteiger partial charge in [0.05, 0.1) is 0 Å². The van der Waals surface area contributed by atoms with Crippen LogP contribution < -0.4 is 5.73 Å². The first-order valence-corrected chi connectivity index (χ1v) is 6.67. The Kier molecular flexibility index (Phi) is 5.63. The maximum absolute atomic E-state index is 9.50. The van der Waals surface area contributed by atoms with Crippen LogP contribution in [0, 0.1) is 5.41 Å². The molecule has 0 fully saturated rings. The van der Waals surface area contributed by atoms with Gasteiger partial charge in [0.1, 0.15) is 5.75 Å². The zero-order chi connectivity index (χ0) is 13.6. The van der Waals surface area contributed by atoms with Crippen LogP contribution >= 0.6 is 0 Å². The van der Waals surface area contributed by atoms with Gasteiger partial charge in [-0.2, -0.15) is 0 Å². The van der Waals surface area contributed by atoms with Crippen LogP contribution in [0.25, 0.3) is 0 Å². The minimum atomic E-state index is 0.131. The zero-order valence-electron chi connectivity index (χ0n) is 11.8. The second-order valence-electron chi connectivity index (χ2n) is 5.75. The zero-order valence-corrected chi connectivity index (χ0v) is 11.8. The average molecular weight is 250 g/mol. The first-order chi connectivity index (χ1) is 8.46. The minimum Gasteiger partial charge on any atom is -0.508 e. The summed E-state index contributed by atoms with van der Waals surface area (Å²) >= 11 is 0. The predicted molar refractivity (Wildman–Crippen MR) is 76.5 cm³/mol. The van der Waals surface area contributed by atoms with Gasteiger partial charge in [0.25, 0.3) is 0 Å². The maximum Gasteiger partial charge on any atom is 0.115 e. The summed E-state index contributed by atoms with van der Waals surface area (Å²) in [6.45, 7) is 10.2. The summed E-state index contributed by atoms with van der Waals surface area (Å²) in [6, 6.07) is 7.48. The summed E-state index contributed by atoms with van der Waals surface area (Å²) in [5.41, 5.74) is 7.08. The van der Waals surface area contributed by atoms with E-state index in [4.69, 9.17) is 5.73 Å². The van der Waals surface area contributed by atoms with Crippen molar-refractivity contribution in [3.05, 3.63) is 29.8 Å². The molecule has 0 spiro atoms. The minimum absolute atomic E-state index is 0.131. The molecule has 0 aliphatic carbocycles. The molecule has 3 heteroatoms. The van der Waals surface area contributed by atoms with Crippen LogP contribution in [-0.4, -0.2) is 29.6 Å². The van der Waals surface area contributed by atoms with Gasteiger partial charge in [-0.25, -0.2) is 0 Å². The van der Waals surface area contributed by atoms with Crippen LogP contribution in [0.15, 0.2) is 24.3 Å². The highest BCUT2D eigenvalue weighted by atomic mass is 16.3. The summed E-state index contributed by atoms with van der Waals surface area (Å²) in [5.74, 6) is 0.335. The molecular weight excluding hydrogens is 224 g/mol. The molecular formula is C15H26N2O. The van der Waals surface area contributed by atoms with E-state index >= 15 is 0 Å². The maximum atomic E-state index is 9.50. The number of benzene rings is 1. The molecule has 0 saturated heterocycles. The van der Waals surface area contributed by atoms with E-state index in [-0.39, 0.29) is 5.41 Å².